The highest BCUT2D eigenvalue weighted by Crippen LogP contribution is 2.33. The molecule has 0 bridgehead atoms. The van der Waals surface area contributed by atoms with Gasteiger partial charge in [0.05, 0.1) is 29.4 Å². The molecule has 3 aromatic heterocycles. The Morgan fingerprint density at radius 1 is 1.21 bits per heavy atom. The molecule has 2 atom stereocenters. The zero-order valence-corrected chi connectivity index (χ0v) is 18.7. The van der Waals surface area contributed by atoms with Crippen molar-refractivity contribution < 1.29 is 13.9 Å². The van der Waals surface area contributed by atoms with E-state index in [1.165, 1.54) is 10.6 Å². The predicted octanol–water partition coefficient (Wildman–Crippen LogP) is 2.74. The molecule has 1 aliphatic heterocycles. The summed E-state index contributed by atoms with van der Waals surface area (Å²) in [5, 5.41) is 19.2. The monoisotopic (exact) mass is 456 g/mol. The third kappa shape index (κ3) is 4.08. The lowest BCUT2D eigenvalue weighted by Crippen LogP contribution is -2.39. The zero-order valence-electron chi connectivity index (χ0n) is 18.7. The maximum absolute atomic E-state index is 14.3. The number of aliphatic hydroxyl groups is 1. The second kappa shape index (κ2) is 7.62. The minimum atomic E-state index is -0.864. The first-order valence-corrected chi connectivity index (χ1v) is 10.9. The second-order valence-electron chi connectivity index (χ2n) is 9.61. The van der Waals surface area contributed by atoms with Gasteiger partial charge in [-0.3, -0.25) is 4.68 Å². The summed E-state index contributed by atoms with van der Waals surface area (Å²) in [5.41, 5.74) is 6.36. The number of hydrogen-bond acceptors (Lipinski definition) is 7. The van der Waals surface area contributed by atoms with Crippen LogP contribution in [-0.4, -0.2) is 53.2 Å². The van der Waals surface area contributed by atoms with E-state index in [0.717, 1.165) is 24.7 Å². The molecular weight excluding hydrogens is 430 g/mol. The van der Waals surface area contributed by atoms with Gasteiger partial charge < -0.3 is 15.7 Å². The van der Waals surface area contributed by atoms with E-state index in [1.807, 2.05) is 6.20 Å². The number of nitrogen functional groups attached to an aromatic ring is 1. The molecule has 0 spiro atoms. The molecule has 9 nitrogen and oxygen atoms in total. The second-order valence-corrected chi connectivity index (χ2v) is 9.61. The van der Waals surface area contributed by atoms with Gasteiger partial charge in [-0.2, -0.15) is 9.61 Å². The fourth-order valence-corrected chi connectivity index (χ4v) is 4.60. The van der Waals surface area contributed by atoms with E-state index in [1.54, 1.807) is 24.7 Å². The first kappa shape index (κ1) is 21.5. The smallest absolute Gasteiger partial charge is 0.223 e. The SMILES string of the molecule is C[C@H]1C[C@@H](c2nc3c4cc(F)cc(F)c4nc(N)n3n2)CN(c2cnn(CC(C)(C)O)c2)C1. The maximum atomic E-state index is 14.3. The molecular formula is C22H26F2N8O. The summed E-state index contributed by atoms with van der Waals surface area (Å²) in [6.07, 6.45) is 4.57. The first-order valence-electron chi connectivity index (χ1n) is 10.9. The van der Waals surface area contributed by atoms with Gasteiger partial charge in [-0.1, -0.05) is 6.92 Å². The van der Waals surface area contributed by atoms with E-state index in [0.29, 0.717) is 24.8 Å². The van der Waals surface area contributed by atoms with E-state index in [-0.39, 0.29) is 28.4 Å². The van der Waals surface area contributed by atoms with Gasteiger partial charge >= 0.3 is 0 Å². The molecule has 1 aromatic carbocycles. The number of hydrogen-bond donors (Lipinski definition) is 2. The van der Waals surface area contributed by atoms with Crippen LogP contribution in [0.5, 0.6) is 0 Å². The van der Waals surface area contributed by atoms with E-state index >= 15 is 0 Å². The minimum absolute atomic E-state index is 0.00429. The van der Waals surface area contributed by atoms with Gasteiger partial charge in [0.1, 0.15) is 11.3 Å². The van der Waals surface area contributed by atoms with Crippen LogP contribution in [-0.2, 0) is 6.54 Å². The summed E-state index contributed by atoms with van der Waals surface area (Å²) in [6.45, 7) is 7.53. The number of fused-ring (bicyclic) bond motifs is 3. The van der Waals surface area contributed by atoms with Crippen LogP contribution in [0.2, 0.25) is 0 Å². The Hall–Kier alpha value is -3.34. The molecule has 0 amide bonds. The van der Waals surface area contributed by atoms with Crippen molar-refractivity contribution in [3.63, 3.8) is 0 Å². The summed E-state index contributed by atoms with van der Waals surface area (Å²) in [5.74, 6) is -0.603. The molecule has 0 saturated carbocycles. The summed E-state index contributed by atoms with van der Waals surface area (Å²) in [7, 11) is 0. The molecule has 1 saturated heterocycles. The number of aromatic nitrogens is 6. The van der Waals surface area contributed by atoms with Crippen molar-refractivity contribution >= 4 is 28.2 Å². The van der Waals surface area contributed by atoms with Crippen LogP contribution >= 0.6 is 0 Å². The number of nitrogens with two attached hydrogens (primary N) is 1. The van der Waals surface area contributed by atoms with Crippen LogP contribution in [0, 0.1) is 17.6 Å². The number of piperidine rings is 1. The number of nitrogens with zero attached hydrogens (tertiary/aromatic N) is 7. The average Bonchev–Trinajstić information content (AvgIpc) is 3.35. The lowest BCUT2D eigenvalue weighted by atomic mass is 9.90. The van der Waals surface area contributed by atoms with Crippen LogP contribution in [0.1, 0.15) is 38.9 Å². The quantitative estimate of drug-likeness (QED) is 0.486. The van der Waals surface area contributed by atoms with Gasteiger partial charge in [-0.05, 0) is 32.3 Å². The minimum Gasteiger partial charge on any atom is -0.389 e. The molecule has 33 heavy (non-hydrogen) atoms. The van der Waals surface area contributed by atoms with Gasteiger partial charge in [-0.25, -0.2) is 18.7 Å². The summed E-state index contributed by atoms with van der Waals surface area (Å²) in [6, 6.07) is 1.98. The van der Waals surface area contributed by atoms with Crippen molar-refractivity contribution in [1.82, 2.24) is 29.4 Å². The van der Waals surface area contributed by atoms with Gasteiger partial charge in [0.15, 0.2) is 17.3 Å². The Kier molecular flexibility index (Phi) is 4.96. The molecule has 4 heterocycles. The predicted molar refractivity (Wildman–Crippen MR) is 120 cm³/mol. The van der Waals surface area contributed by atoms with E-state index < -0.39 is 17.2 Å². The molecule has 174 valence electrons. The van der Waals surface area contributed by atoms with Gasteiger partial charge in [0, 0.05) is 31.3 Å². The van der Waals surface area contributed by atoms with Crippen molar-refractivity contribution in [3.8, 4) is 0 Å². The van der Waals surface area contributed by atoms with Crippen molar-refractivity contribution in [3.05, 3.63) is 42.0 Å². The van der Waals surface area contributed by atoms with Crippen molar-refractivity contribution in [2.24, 2.45) is 5.92 Å². The molecule has 3 N–H and O–H groups in total. The number of anilines is 2. The average molecular weight is 457 g/mol. The Labute approximate surface area is 188 Å². The Morgan fingerprint density at radius 3 is 2.76 bits per heavy atom. The molecule has 0 radical (unpaired) electrons. The molecule has 1 aliphatic rings. The van der Waals surface area contributed by atoms with Crippen molar-refractivity contribution in [2.75, 3.05) is 23.7 Å². The molecule has 1 fully saturated rings. The van der Waals surface area contributed by atoms with E-state index in [2.05, 4.69) is 32.0 Å². The highest BCUT2D eigenvalue weighted by atomic mass is 19.1. The largest absolute Gasteiger partial charge is 0.389 e. The number of halogens is 2. The Bertz CT molecular complexity index is 1340. The van der Waals surface area contributed by atoms with E-state index in [9.17, 15) is 13.9 Å². The van der Waals surface area contributed by atoms with Crippen LogP contribution < -0.4 is 10.6 Å². The number of rotatable bonds is 4. The molecule has 11 heteroatoms. The standard InChI is InChI=1S/C22H26F2N8O/c1-12-4-13(9-30(8-12)15-7-26-31(10-15)11-22(2,3)33)19-28-20-16-5-14(23)6-17(24)18(16)27-21(25)32(20)29-19/h5-7,10,12-13,33H,4,8-9,11H2,1-3H3,(H2,25,27)/t12-,13+/m0/s1. The highest BCUT2D eigenvalue weighted by Gasteiger charge is 2.30. The summed E-state index contributed by atoms with van der Waals surface area (Å²) in [4.78, 5) is 10.9. The number of benzene rings is 1. The molecule has 0 unspecified atom stereocenters. The van der Waals surface area contributed by atoms with Gasteiger partial charge in [0.25, 0.3) is 0 Å². The topological polar surface area (TPSA) is 110 Å². The van der Waals surface area contributed by atoms with Gasteiger partial charge in [0.2, 0.25) is 5.95 Å². The normalized spacial score (nSPS) is 19.6. The van der Waals surface area contributed by atoms with Crippen molar-refractivity contribution in [1.29, 1.82) is 0 Å². The summed E-state index contributed by atoms with van der Waals surface area (Å²) < 4.78 is 31.2. The van der Waals surface area contributed by atoms with Crippen molar-refractivity contribution in [2.45, 2.75) is 45.3 Å². The Balaban J connectivity index is 1.49. The molecule has 0 aliphatic carbocycles. The van der Waals surface area contributed by atoms with Gasteiger partial charge in [-0.15, -0.1) is 5.10 Å². The lowest BCUT2D eigenvalue weighted by molar-refractivity contribution is 0.0577. The van der Waals surface area contributed by atoms with Crippen LogP contribution in [0.15, 0.2) is 24.5 Å². The summed E-state index contributed by atoms with van der Waals surface area (Å²) >= 11 is 0. The van der Waals surface area contributed by atoms with Crippen LogP contribution in [0.3, 0.4) is 0 Å². The first-order chi connectivity index (χ1) is 15.6. The highest BCUT2D eigenvalue weighted by molar-refractivity contribution is 5.92. The molecule has 5 rings (SSSR count). The molecule has 4 aromatic rings. The van der Waals surface area contributed by atoms with E-state index in [4.69, 9.17) is 5.73 Å². The Morgan fingerprint density at radius 2 is 2.00 bits per heavy atom. The fraction of sp³-hybridized carbons (Fsp3) is 0.455. The third-order valence-corrected chi connectivity index (χ3v) is 5.89. The van der Waals surface area contributed by atoms with Crippen LogP contribution in [0.4, 0.5) is 20.4 Å². The zero-order chi connectivity index (χ0) is 23.5. The van der Waals surface area contributed by atoms with Crippen LogP contribution in [0.25, 0.3) is 16.6 Å². The third-order valence-electron chi connectivity index (χ3n) is 5.89. The fourth-order valence-electron chi connectivity index (χ4n) is 4.60. The maximum Gasteiger partial charge on any atom is 0.223 e. The lowest BCUT2D eigenvalue weighted by Gasteiger charge is -2.36.